The normalized spacial score (nSPS) is 17.7. The molecule has 2 aromatic rings. The van der Waals surface area contributed by atoms with Crippen molar-refractivity contribution in [3.05, 3.63) is 56.0 Å². The van der Waals surface area contributed by atoms with E-state index in [9.17, 15) is 14.9 Å². The molecule has 0 saturated heterocycles. The molecule has 114 valence electrons. The standard InChI is InChI=1S/C15H14N2O4S/c1-10-12-7-9-22-13(12)6-8-16(10)14(18)4-2-11-3-5-15(21-11)17(19)20/h2-5,7,9-10H,6,8H2,1H3/b4-2+/t10-/m0/s1. The number of carbonyl (C=O) groups is 1. The van der Waals surface area contributed by atoms with Gasteiger partial charge in [0.1, 0.15) is 10.7 Å². The van der Waals surface area contributed by atoms with E-state index >= 15 is 0 Å². The lowest BCUT2D eigenvalue weighted by Crippen LogP contribution is -2.37. The van der Waals surface area contributed by atoms with Crippen LogP contribution in [0.2, 0.25) is 0 Å². The van der Waals surface area contributed by atoms with E-state index < -0.39 is 4.92 Å². The van der Waals surface area contributed by atoms with Crippen molar-refractivity contribution in [2.45, 2.75) is 19.4 Å². The number of nitrogens with zero attached hydrogens (tertiary/aromatic N) is 2. The summed E-state index contributed by atoms with van der Waals surface area (Å²) in [5.74, 6) is -0.161. The Hall–Kier alpha value is -2.41. The van der Waals surface area contributed by atoms with Crippen LogP contribution in [-0.4, -0.2) is 22.3 Å². The molecule has 3 rings (SSSR count). The fourth-order valence-corrected chi connectivity index (χ4v) is 3.55. The molecule has 0 fully saturated rings. The van der Waals surface area contributed by atoms with Crippen molar-refractivity contribution < 1.29 is 14.1 Å². The lowest BCUT2D eigenvalue weighted by atomic mass is 10.0. The van der Waals surface area contributed by atoms with Gasteiger partial charge in [0.25, 0.3) is 0 Å². The molecule has 1 amide bonds. The van der Waals surface area contributed by atoms with Crippen molar-refractivity contribution >= 4 is 29.2 Å². The third-order valence-electron chi connectivity index (χ3n) is 3.74. The van der Waals surface area contributed by atoms with Gasteiger partial charge in [0.15, 0.2) is 0 Å². The van der Waals surface area contributed by atoms with Crippen LogP contribution in [0.4, 0.5) is 5.88 Å². The summed E-state index contributed by atoms with van der Waals surface area (Å²) < 4.78 is 5.00. The molecule has 7 heteroatoms. The maximum atomic E-state index is 12.3. The Morgan fingerprint density at radius 3 is 3.05 bits per heavy atom. The first-order valence-electron chi connectivity index (χ1n) is 6.85. The molecule has 2 aromatic heterocycles. The molecule has 22 heavy (non-hydrogen) atoms. The number of fused-ring (bicyclic) bond motifs is 1. The maximum absolute atomic E-state index is 12.3. The molecule has 0 spiro atoms. The molecule has 1 aliphatic heterocycles. The number of carbonyl (C=O) groups excluding carboxylic acids is 1. The van der Waals surface area contributed by atoms with Crippen LogP contribution in [0, 0.1) is 10.1 Å². The van der Waals surface area contributed by atoms with Crippen LogP contribution in [0.15, 0.2) is 34.1 Å². The SMILES string of the molecule is C[C@H]1c2ccsc2CCN1C(=O)/C=C/c1ccc([N+](=O)[O-])o1. The Morgan fingerprint density at radius 2 is 2.32 bits per heavy atom. The molecule has 0 N–H and O–H groups in total. The molecular formula is C15H14N2O4S. The molecule has 0 aromatic carbocycles. The summed E-state index contributed by atoms with van der Waals surface area (Å²) in [6, 6.07) is 4.84. The van der Waals surface area contributed by atoms with E-state index in [1.165, 1.54) is 34.7 Å². The van der Waals surface area contributed by atoms with E-state index in [1.807, 2.05) is 12.3 Å². The van der Waals surface area contributed by atoms with E-state index in [0.717, 1.165) is 6.42 Å². The van der Waals surface area contributed by atoms with Gasteiger partial charge in [-0.15, -0.1) is 11.3 Å². The average Bonchev–Trinajstić information content (AvgIpc) is 3.14. The third-order valence-corrected chi connectivity index (χ3v) is 4.74. The van der Waals surface area contributed by atoms with Gasteiger partial charge in [-0.3, -0.25) is 14.9 Å². The first-order valence-corrected chi connectivity index (χ1v) is 7.73. The van der Waals surface area contributed by atoms with Crippen LogP contribution in [0.3, 0.4) is 0 Å². The van der Waals surface area contributed by atoms with Crippen molar-refractivity contribution in [3.8, 4) is 0 Å². The molecule has 0 saturated carbocycles. The minimum absolute atomic E-state index is 0.0399. The predicted molar refractivity (Wildman–Crippen MR) is 82.5 cm³/mol. The fraction of sp³-hybridized carbons (Fsp3) is 0.267. The van der Waals surface area contributed by atoms with Gasteiger partial charge in [-0.25, -0.2) is 0 Å². The van der Waals surface area contributed by atoms with Gasteiger partial charge in [0, 0.05) is 17.5 Å². The van der Waals surface area contributed by atoms with E-state index in [4.69, 9.17) is 4.42 Å². The van der Waals surface area contributed by atoms with Crippen molar-refractivity contribution in [2.75, 3.05) is 6.54 Å². The largest absolute Gasteiger partial charge is 0.433 e. The van der Waals surface area contributed by atoms with Crippen LogP contribution in [0.25, 0.3) is 6.08 Å². The minimum Gasteiger partial charge on any atom is -0.401 e. The second-order valence-electron chi connectivity index (χ2n) is 5.02. The Balaban J connectivity index is 1.72. The fourth-order valence-electron chi connectivity index (χ4n) is 2.59. The zero-order valence-electron chi connectivity index (χ0n) is 11.9. The van der Waals surface area contributed by atoms with E-state index in [1.54, 1.807) is 16.2 Å². The first-order chi connectivity index (χ1) is 10.6. The predicted octanol–water partition coefficient (Wildman–Crippen LogP) is 3.41. The maximum Gasteiger partial charge on any atom is 0.433 e. The molecule has 0 unspecified atom stereocenters. The highest BCUT2D eigenvalue weighted by molar-refractivity contribution is 7.10. The highest BCUT2D eigenvalue weighted by Gasteiger charge is 2.27. The minimum atomic E-state index is -0.607. The van der Waals surface area contributed by atoms with Gasteiger partial charge in [-0.05, 0) is 42.5 Å². The van der Waals surface area contributed by atoms with Gasteiger partial charge < -0.3 is 9.32 Å². The third kappa shape index (κ3) is 2.67. The number of amides is 1. The topological polar surface area (TPSA) is 76.6 Å². The smallest absolute Gasteiger partial charge is 0.401 e. The van der Waals surface area contributed by atoms with Crippen LogP contribution in [-0.2, 0) is 11.2 Å². The van der Waals surface area contributed by atoms with Crippen LogP contribution < -0.4 is 0 Å². The van der Waals surface area contributed by atoms with E-state index in [0.29, 0.717) is 12.3 Å². The monoisotopic (exact) mass is 318 g/mol. The first kappa shape index (κ1) is 14.5. The summed E-state index contributed by atoms with van der Waals surface area (Å²) in [5, 5.41) is 12.6. The average molecular weight is 318 g/mol. The number of nitro groups is 1. The zero-order chi connectivity index (χ0) is 15.7. The molecule has 0 radical (unpaired) electrons. The molecule has 1 aliphatic rings. The summed E-state index contributed by atoms with van der Waals surface area (Å²) in [7, 11) is 0. The van der Waals surface area contributed by atoms with Crippen LogP contribution in [0.1, 0.15) is 29.2 Å². The zero-order valence-corrected chi connectivity index (χ0v) is 12.7. The molecule has 6 nitrogen and oxygen atoms in total. The summed E-state index contributed by atoms with van der Waals surface area (Å²) in [5.41, 5.74) is 1.20. The quantitative estimate of drug-likeness (QED) is 0.493. The van der Waals surface area contributed by atoms with Crippen molar-refractivity contribution in [1.29, 1.82) is 0 Å². The molecule has 0 bridgehead atoms. The van der Waals surface area contributed by atoms with Crippen LogP contribution in [0.5, 0.6) is 0 Å². The molecule has 1 atom stereocenters. The van der Waals surface area contributed by atoms with E-state index in [2.05, 4.69) is 6.07 Å². The molecular weight excluding hydrogens is 304 g/mol. The number of hydrogen-bond acceptors (Lipinski definition) is 5. The summed E-state index contributed by atoms with van der Waals surface area (Å²) in [6.45, 7) is 2.68. The molecule has 0 aliphatic carbocycles. The van der Waals surface area contributed by atoms with Crippen molar-refractivity contribution in [2.24, 2.45) is 0 Å². The van der Waals surface area contributed by atoms with Gasteiger partial charge >= 0.3 is 5.88 Å². The van der Waals surface area contributed by atoms with Crippen molar-refractivity contribution in [1.82, 2.24) is 4.90 Å². The van der Waals surface area contributed by atoms with Crippen molar-refractivity contribution in [3.63, 3.8) is 0 Å². The van der Waals surface area contributed by atoms with Gasteiger partial charge in [0.05, 0.1) is 12.1 Å². The number of hydrogen-bond donors (Lipinski definition) is 0. The van der Waals surface area contributed by atoms with Gasteiger partial charge in [-0.1, -0.05) is 0 Å². The summed E-state index contributed by atoms with van der Waals surface area (Å²) in [6.07, 6.45) is 3.73. The lowest BCUT2D eigenvalue weighted by Gasteiger charge is -2.32. The summed E-state index contributed by atoms with van der Waals surface area (Å²) >= 11 is 1.72. The van der Waals surface area contributed by atoms with Gasteiger partial charge in [0.2, 0.25) is 5.91 Å². The molecule has 3 heterocycles. The lowest BCUT2D eigenvalue weighted by molar-refractivity contribution is -0.402. The number of thiophene rings is 1. The van der Waals surface area contributed by atoms with Crippen LogP contribution >= 0.6 is 11.3 Å². The Morgan fingerprint density at radius 1 is 1.50 bits per heavy atom. The Labute approximate surface area is 130 Å². The second-order valence-corrected chi connectivity index (χ2v) is 6.02. The summed E-state index contributed by atoms with van der Waals surface area (Å²) in [4.78, 5) is 25.4. The Bertz CT molecular complexity index is 746. The Kier molecular flexibility index (Phi) is 3.81. The number of rotatable bonds is 3. The highest BCUT2D eigenvalue weighted by Crippen LogP contribution is 2.32. The van der Waals surface area contributed by atoms with E-state index in [-0.39, 0.29) is 17.8 Å². The second kappa shape index (κ2) is 5.76. The number of furan rings is 1. The van der Waals surface area contributed by atoms with Gasteiger partial charge in [-0.2, -0.15) is 0 Å². The highest BCUT2D eigenvalue weighted by atomic mass is 32.1.